The molecule has 0 unspecified atom stereocenters. The smallest absolute Gasteiger partial charge is 0.184 e. The molecule has 30 heavy (non-hydrogen) atoms. The molecule has 152 valence electrons. The van der Waals surface area contributed by atoms with E-state index in [4.69, 9.17) is 10.5 Å². The lowest BCUT2D eigenvalue weighted by atomic mass is 9.98. The summed E-state index contributed by atoms with van der Waals surface area (Å²) in [6.45, 7) is 1.76. The zero-order valence-corrected chi connectivity index (χ0v) is 17.0. The number of aliphatic hydroxyl groups excluding tert-OH is 1. The number of methoxy groups -OCH3 is 1. The molecule has 2 heterocycles. The summed E-state index contributed by atoms with van der Waals surface area (Å²) in [5.41, 5.74) is 11.7. The van der Waals surface area contributed by atoms with Gasteiger partial charge in [0.15, 0.2) is 5.88 Å². The van der Waals surface area contributed by atoms with Gasteiger partial charge < -0.3 is 25.5 Å². The van der Waals surface area contributed by atoms with Crippen LogP contribution in [0.1, 0.15) is 6.92 Å². The summed E-state index contributed by atoms with van der Waals surface area (Å²) in [5, 5.41) is 13.5. The lowest BCUT2D eigenvalue weighted by molar-refractivity contribution is 0.415. The number of benzene rings is 2. The normalized spacial score (nSPS) is 11.6. The second-order valence-corrected chi connectivity index (χ2v) is 6.84. The number of allylic oxidation sites excluding steroid dienone is 1. The number of nitrogens with one attached hydrogen (secondary N) is 1. The van der Waals surface area contributed by atoms with E-state index in [1.54, 1.807) is 20.1 Å². The lowest BCUT2D eigenvalue weighted by Gasteiger charge is -2.11. The van der Waals surface area contributed by atoms with Crippen molar-refractivity contribution in [1.82, 2.24) is 14.5 Å². The van der Waals surface area contributed by atoms with Crippen molar-refractivity contribution in [1.29, 1.82) is 0 Å². The van der Waals surface area contributed by atoms with E-state index in [-0.39, 0.29) is 5.88 Å². The first-order chi connectivity index (χ1) is 14.5. The minimum Gasteiger partial charge on any atom is -0.497 e. The molecular formula is C23H23N5O2. The molecule has 7 nitrogen and oxygen atoms in total. The minimum atomic E-state index is 0.106. The maximum atomic E-state index is 9.71. The summed E-state index contributed by atoms with van der Waals surface area (Å²) in [6.07, 6.45) is 3.08. The molecule has 0 spiro atoms. The number of rotatable bonds is 5. The zero-order chi connectivity index (χ0) is 21.3. The van der Waals surface area contributed by atoms with Crippen LogP contribution in [0, 0.1) is 0 Å². The standard InChI is InChI=1S/C23H23N5O2/c1-4-18(29)27-16-9-5-15(6-10-16)21-19(14-7-11-17(30-3)12-8-14)20-22(24)25-13-26-23(20)28(21)2/h4-13,27,29H,1-3H3,(H2,24,25,26)/b18-4-. The second kappa shape index (κ2) is 7.79. The molecule has 0 bridgehead atoms. The van der Waals surface area contributed by atoms with Crippen LogP contribution < -0.4 is 15.8 Å². The van der Waals surface area contributed by atoms with Gasteiger partial charge in [-0.15, -0.1) is 0 Å². The van der Waals surface area contributed by atoms with Crippen molar-refractivity contribution in [3.63, 3.8) is 0 Å². The van der Waals surface area contributed by atoms with E-state index < -0.39 is 0 Å². The van der Waals surface area contributed by atoms with E-state index in [9.17, 15) is 5.11 Å². The Morgan fingerprint density at radius 1 is 1.07 bits per heavy atom. The summed E-state index contributed by atoms with van der Waals surface area (Å²) in [7, 11) is 3.61. The predicted octanol–water partition coefficient (Wildman–Crippen LogP) is 4.72. The van der Waals surface area contributed by atoms with Crippen LogP contribution in [-0.4, -0.2) is 26.8 Å². The SMILES string of the molecule is C/C=C(\O)Nc1ccc(-c2c(-c3ccc(OC)cc3)c3c(N)ncnc3n2C)cc1. The number of aryl methyl sites for hydroxylation is 1. The molecule has 2 aromatic carbocycles. The average molecular weight is 401 g/mol. The zero-order valence-electron chi connectivity index (χ0n) is 17.0. The van der Waals surface area contributed by atoms with Crippen LogP contribution >= 0.6 is 0 Å². The van der Waals surface area contributed by atoms with Crippen molar-refractivity contribution in [2.45, 2.75) is 6.92 Å². The Morgan fingerprint density at radius 2 is 1.73 bits per heavy atom. The quantitative estimate of drug-likeness (QED) is 0.419. The van der Waals surface area contributed by atoms with Gasteiger partial charge in [0, 0.05) is 18.3 Å². The van der Waals surface area contributed by atoms with Crippen LogP contribution in [0.15, 0.2) is 66.8 Å². The molecule has 0 aliphatic carbocycles. The predicted molar refractivity (Wildman–Crippen MR) is 120 cm³/mol. The topological polar surface area (TPSA) is 98.2 Å². The molecule has 2 aromatic heterocycles. The van der Waals surface area contributed by atoms with Gasteiger partial charge in [-0.05, 0) is 48.4 Å². The van der Waals surface area contributed by atoms with E-state index in [0.717, 1.165) is 44.9 Å². The number of aromatic nitrogens is 3. The van der Waals surface area contributed by atoms with Gasteiger partial charge in [0.2, 0.25) is 0 Å². The fraction of sp³-hybridized carbons (Fsp3) is 0.130. The first kappa shape index (κ1) is 19.3. The maximum Gasteiger partial charge on any atom is 0.184 e. The highest BCUT2D eigenvalue weighted by Gasteiger charge is 2.21. The third-order valence-corrected chi connectivity index (χ3v) is 5.08. The average Bonchev–Trinajstić information content (AvgIpc) is 3.08. The number of nitrogens with zero attached hydrogens (tertiary/aromatic N) is 3. The van der Waals surface area contributed by atoms with Crippen molar-refractivity contribution >= 4 is 22.5 Å². The Balaban J connectivity index is 1.93. The van der Waals surface area contributed by atoms with Crippen molar-refractivity contribution in [2.75, 3.05) is 18.2 Å². The fourth-order valence-electron chi connectivity index (χ4n) is 3.58. The van der Waals surface area contributed by atoms with Gasteiger partial charge in [0.25, 0.3) is 0 Å². The van der Waals surface area contributed by atoms with Crippen LogP contribution in [0.3, 0.4) is 0 Å². The van der Waals surface area contributed by atoms with Crippen LogP contribution in [0.2, 0.25) is 0 Å². The number of nitrogen functional groups attached to an aromatic ring is 1. The molecule has 0 saturated carbocycles. The van der Waals surface area contributed by atoms with Gasteiger partial charge in [-0.1, -0.05) is 24.3 Å². The monoisotopic (exact) mass is 401 g/mol. The Morgan fingerprint density at radius 3 is 2.37 bits per heavy atom. The van der Waals surface area contributed by atoms with Crippen molar-refractivity contribution in [2.24, 2.45) is 7.05 Å². The van der Waals surface area contributed by atoms with E-state index in [0.29, 0.717) is 5.82 Å². The van der Waals surface area contributed by atoms with Crippen LogP contribution in [0.25, 0.3) is 33.4 Å². The highest BCUT2D eigenvalue weighted by molar-refractivity contribution is 6.07. The molecular weight excluding hydrogens is 378 g/mol. The molecule has 4 N–H and O–H groups in total. The van der Waals surface area contributed by atoms with Gasteiger partial charge in [0.1, 0.15) is 23.5 Å². The molecule has 0 aliphatic heterocycles. The first-order valence-electron chi connectivity index (χ1n) is 9.49. The van der Waals surface area contributed by atoms with Crippen molar-refractivity contribution in [3.8, 4) is 28.1 Å². The third kappa shape index (κ3) is 3.30. The van der Waals surface area contributed by atoms with Gasteiger partial charge in [0.05, 0.1) is 18.2 Å². The van der Waals surface area contributed by atoms with Gasteiger partial charge in [-0.3, -0.25) is 0 Å². The fourth-order valence-corrected chi connectivity index (χ4v) is 3.58. The summed E-state index contributed by atoms with van der Waals surface area (Å²) in [6, 6.07) is 15.7. The van der Waals surface area contributed by atoms with E-state index in [1.807, 2.05) is 60.1 Å². The highest BCUT2D eigenvalue weighted by atomic mass is 16.5. The maximum absolute atomic E-state index is 9.71. The van der Waals surface area contributed by atoms with Crippen LogP contribution in [0.4, 0.5) is 11.5 Å². The number of nitrogens with two attached hydrogens (primary N) is 1. The summed E-state index contributed by atoms with van der Waals surface area (Å²) >= 11 is 0. The number of ether oxygens (including phenoxy) is 1. The number of hydrogen-bond acceptors (Lipinski definition) is 6. The molecule has 0 atom stereocenters. The Labute approximate surface area is 174 Å². The van der Waals surface area contributed by atoms with Crippen molar-refractivity contribution < 1.29 is 9.84 Å². The highest BCUT2D eigenvalue weighted by Crippen LogP contribution is 2.42. The number of aliphatic hydroxyl groups is 1. The van der Waals surface area contributed by atoms with E-state index in [2.05, 4.69) is 15.3 Å². The Bertz CT molecular complexity index is 1230. The van der Waals surface area contributed by atoms with Gasteiger partial charge in [-0.25, -0.2) is 9.97 Å². The second-order valence-electron chi connectivity index (χ2n) is 6.84. The van der Waals surface area contributed by atoms with Gasteiger partial charge >= 0.3 is 0 Å². The lowest BCUT2D eigenvalue weighted by Crippen LogP contribution is -1.98. The molecule has 4 aromatic rings. The molecule has 4 rings (SSSR count). The van der Waals surface area contributed by atoms with Crippen LogP contribution in [0.5, 0.6) is 5.75 Å². The van der Waals surface area contributed by atoms with Crippen molar-refractivity contribution in [3.05, 3.63) is 66.8 Å². The number of fused-ring (bicyclic) bond motifs is 1. The summed E-state index contributed by atoms with van der Waals surface area (Å²) in [5.74, 6) is 1.32. The third-order valence-electron chi connectivity index (χ3n) is 5.08. The Kier molecular flexibility index (Phi) is 5.02. The number of hydrogen-bond donors (Lipinski definition) is 3. The first-order valence-corrected chi connectivity index (χ1v) is 9.49. The van der Waals surface area contributed by atoms with Crippen LogP contribution in [-0.2, 0) is 7.05 Å². The largest absolute Gasteiger partial charge is 0.497 e. The minimum absolute atomic E-state index is 0.106. The molecule has 0 fully saturated rings. The number of anilines is 2. The molecule has 0 aliphatic rings. The molecule has 0 radical (unpaired) electrons. The molecule has 0 amide bonds. The molecule has 0 saturated heterocycles. The van der Waals surface area contributed by atoms with Gasteiger partial charge in [-0.2, -0.15) is 0 Å². The summed E-state index contributed by atoms with van der Waals surface area (Å²) in [4.78, 5) is 8.69. The Hall–Kier alpha value is -4.00. The summed E-state index contributed by atoms with van der Waals surface area (Å²) < 4.78 is 7.33. The van der Waals surface area contributed by atoms with E-state index in [1.165, 1.54) is 6.33 Å². The van der Waals surface area contributed by atoms with E-state index >= 15 is 0 Å². The molecule has 7 heteroatoms.